The highest BCUT2D eigenvalue weighted by Gasteiger charge is 2.29. The topological polar surface area (TPSA) is 55.8 Å². The molecule has 15 heavy (non-hydrogen) atoms. The minimum Gasteiger partial charge on any atom is -0.386 e. The summed E-state index contributed by atoms with van der Waals surface area (Å²) in [6.45, 7) is 1.27. The number of carbonyl (C=O) groups excluding carboxylic acids is 1. The summed E-state index contributed by atoms with van der Waals surface area (Å²) in [5.41, 5.74) is -0.844. The molecule has 0 amide bonds. The summed E-state index contributed by atoms with van der Waals surface area (Å²) >= 11 is 0. The molecule has 1 aliphatic carbocycles. The Morgan fingerprint density at radius 1 is 1.47 bits per heavy atom. The van der Waals surface area contributed by atoms with Crippen LogP contribution < -0.4 is 0 Å². The molecule has 0 aromatic rings. The van der Waals surface area contributed by atoms with Crippen molar-refractivity contribution < 1.29 is 19.4 Å². The van der Waals surface area contributed by atoms with Crippen LogP contribution in [0.1, 0.15) is 25.7 Å². The molecule has 0 aromatic heterocycles. The lowest BCUT2D eigenvalue weighted by atomic mass is 9.86. The molecule has 0 bridgehead atoms. The highest BCUT2D eigenvalue weighted by Crippen LogP contribution is 2.27. The molecular weight excluding hydrogens is 196 g/mol. The number of hydrogen-bond acceptors (Lipinski definition) is 4. The molecule has 2 aliphatic rings. The molecule has 2 rings (SSSR count). The van der Waals surface area contributed by atoms with Gasteiger partial charge in [-0.15, -0.1) is 0 Å². The van der Waals surface area contributed by atoms with Gasteiger partial charge in [0.05, 0.1) is 18.8 Å². The fraction of sp³-hybridized carbons (Fsp3) is 0.727. The molecule has 4 heteroatoms. The maximum Gasteiger partial charge on any atom is 0.157 e. The van der Waals surface area contributed by atoms with E-state index in [1.54, 1.807) is 6.08 Å². The van der Waals surface area contributed by atoms with Crippen LogP contribution in [0.4, 0.5) is 0 Å². The third-order valence-corrected chi connectivity index (χ3v) is 2.89. The normalized spacial score (nSPS) is 32.5. The van der Waals surface area contributed by atoms with E-state index in [1.165, 1.54) is 6.08 Å². The van der Waals surface area contributed by atoms with Crippen LogP contribution in [0.3, 0.4) is 0 Å². The van der Waals surface area contributed by atoms with Crippen LogP contribution in [-0.4, -0.2) is 36.0 Å². The minimum atomic E-state index is -0.844. The van der Waals surface area contributed by atoms with Crippen LogP contribution >= 0.6 is 0 Å². The van der Waals surface area contributed by atoms with Gasteiger partial charge < -0.3 is 14.6 Å². The molecule has 1 saturated heterocycles. The molecule has 1 heterocycles. The third kappa shape index (κ3) is 2.87. The van der Waals surface area contributed by atoms with Crippen molar-refractivity contribution in [3.8, 4) is 0 Å². The zero-order valence-corrected chi connectivity index (χ0v) is 8.65. The van der Waals surface area contributed by atoms with Crippen molar-refractivity contribution in [3.05, 3.63) is 12.2 Å². The monoisotopic (exact) mass is 212 g/mol. The number of allylic oxidation sites excluding steroid dienone is 1. The largest absolute Gasteiger partial charge is 0.386 e. The zero-order chi connectivity index (χ0) is 10.7. The smallest absolute Gasteiger partial charge is 0.157 e. The van der Waals surface area contributed by atoms with E-state index in [-0.39, 0.29) is 12.1 Å². The van der Waals surface area contributed by atoms with Crippen molar-refractivity contribution in [1.82, 2.24) is 0 Å². The van der Waals surface area contributed by atoms with Crippen molar-refractivity contribution in [2.75, 3.05) is 13.2 Å². The predicted octanol–water partition coefficient (Wildman–Crippen LogP) is 0.790. The fourth-order valence-corrected chi connectivity index (χ4v) is 1.90. The van der Waals surface area contributed by atoms with E-state index in [0.29, 0.717) is 38.9 Å². The zero-order valence-electron chi connectivity index (χ0n) is 8.65. The lowest BCUT2D eigenvalue weighted by Crippen LogP contribution is -2.31. The van der Waals surface area contributed by atoms with Crippen LogP contribution in [0.2, 0.25) is 0 Å². The first-order valence-electron chi connectivity index (χ1n) is 5.36. The third-order valence-electron chi connectivity index (χ3n) is 2.89. The average molecular weight is 212 g/mol. The van der Waals surface area contributed by atoms with Gasteiger partial charge in [0.2, 0.25) is 0 Å². The summed E-state index contributed by atoms with van der Waals surface area (Å²) in [7, 11) is 0. The molecule has 84 valence electrons. The van der Waals surface area contributed by atoms with E-state index in [9.17, 15) is 9.90 Å². The lowest BCUT2D eigenvalue weighted by Gasteiger charge is -2.27. The summed E-state index contributed by atoms with van der Waals surface area (Å²) in [5.74, 6) is 0.0908. The van der Waals surface area contributed by atoms with Crippen molar-refractivity contribution in [1.29, 1.82) is 0 Å². The predicted molar refractivity (Wildman–Crippen MR) is 53.3 cm³/mol. The first-order chi connectivity index (χ1) is 7.18. The number of rotatable bonds is 3. The van der Waals surface area contributed by atoms with E-state index in [1.807, 2.05) is 0 Å². The number of aliphatic hydroxyl groups is 1. The molecule has 4 nitrogen and oxygen atoms in total. The first kappa shape index (κ1) is 10.8. The van der Waals surface area contributed by atoms with Crippen LogP contribution in [-0.2, 0) is 14.3 Å². The Bertz CT molecular complexity index is 268. The van der Waals surface area contributed by atoms with Gasteiger partial charge in [-0.2, -0.15) is 0 Å². The Balaban J connectivity index is 1.82. The summed E-state index contributed by atoms with van der Waals surface area (Å²) in [6.07, 6.45) is 5.10. The summed E-state index contributed by atoms with van der Waals surface area (Å²) in [4.78, 5) is 11.0. The van der Waals surface area contributed by atoms with Crippen molar-refractivity contribution in [2.24, 2.45) is 0 Å². The van der Waals surface area contributed by atoms with Crippen molar-refractivity contribution in [3.63, 3.8) is 0 Å². The van der Waals surface area contributed by atoms with Gasteiger partial charge in [0.25, 0.3) is 0 Å². The molecule has 0 saturated carbocycles. The molecule has 0 aromatic carbocycles. The SMILES string of the molecule is O=C1C=C[C@](O)(CCC2OCCO2)CC1. The quantitative estimate of drug-likeness (QED) is 0.751. The van der Waals surface area contributed by atoms with Gasteiger partial charge in [-0.1, -0.05) is 0 Å². The lowest BCUT2D eigenvalue weighted by molar-refractivity contribution is -0.116. The Kier molecular flexibility index (Phi) is 3.19. The van der Waals surface area contributed by atoms with Crippen LogP contribution in [0.25, 0.3) is 0 Å². The van der Waals surface area contributed by atoms with Crippen molar-refractivity contribution >= 4 is 5.78 Å². The number of hydrogen-bond donors (Lipinski definition) is 1. The number of carbonyl (C=O) groups is 1. The number of ether oxygens (including phenoxy) is 2. The van der Waals surface area contributed by atoms with Gasteiger partial charge in [0, 0.05) is 12.8 Å². The van der Waals surface area contributed by atoms with Crippen molar-refractivity contribution in [2.45, 2.75) is 37.6 Å². The molecule has 1 fully saturated rings. The molecular formula is C11H16O4. The summed E-state index contributed by atoms with van der Waals surface area (Å²) in [5, 5.41) is 10.1. The summed E-state index contributed by atoms with van der Waals surface area (Å²) < 4.78 is 10.6. The Morgan fingerprint density at radius 2 is 2.20 bits per heavy atom. The Labute approximate surface area is 88.9 Å². The van der Waals surface area contributed by atoms with Crippen LogP contribution in [0, 0.1) is 0 Å². The molecule has 1 aliphatic heterocycles. The van der Waals surface area contributed by atoms with Gasteiger partial charge in [0.15, 0.2) is 12.1 Å². The van der Waals surface area contributed by atoms with E-state index in [4.69, 9.17) is 9.47 Å². The van der Waals surface area contributed by atoms with E-state index >= 15 is 0 Å². The average Bonchev–Trinajstić information content (AvgIpc) is 2.73. The van der Waals surface area contributed by atoms with Gasteiger partial charge in [-0.05, 0) is 25.0 Å². The Hall–Kier alpha value is -0.710. The fourth-order valence-electron chi connectivity index (χ4n) is 1.90. The van der Waals surface area contributed by atoms with E-state index in [0.717, 1.165) is 0 Å². The van der Waals surface area contributed by atoms with Crippen LogP contribution in [0.15, 0.2) is 12.2 Å². The Morgan fingerprint density at radius 3 is 2.80 bits per heavy atom. The van der Waals surface area contributed by atoms with Gasteiger partial charge in [-0.25, -0.2) is 0 Å². The second-order valence-corrected chi connectivity index (χ2v) is 4.11. The molecule has 0 radical (unpaired) electrons. The molecule has 0 spiro atoms. The first-order valence-corrected chi connectivity index (χ1v) is 5.36. The minimum absolute atomic E-state index is 0.0908. The van der Waals surface area contributed by atoms with Gasteiger partial charge >= 0.3 is 0 Å². The van der Waals surface area contributed by atoms with Gasteiger partial charge in [0.1, 0.15) is 0 Å². The maximum absolute atomic E-state index is 11.0. The van der Waals surface area contributed by atoms with E-state index < -0.39 is 5.60 Å². The standard InChI is InChI=1S/C11H16O4/c12-9-1-4-11(13,5-2-9)6-3-10-14-7-8-15-10/h1,4,10,13H,2-3,5-8H2/t11-/m1/s1. The molecule has 1 N–H and O–H groups in total. The second kappa shape index (κ2) is 4.43. The molecule has 1 atom stereocenters. The van der Waals surface area contributed by atoms with Crippen LogP contribution in [0.5, 0.6) is 0 Å². The molecule has 0 unspecified atom stereocenters. The van der Waals surface area contributed by atoms with Gasteiger partial charge in [-0.3, -0.25) is 4.79 Å². The maximum atomic E-state index is 11.0. The highest BCUT2D eigenvalue weighted by molar-refractivity contribution is 5.90. The summed E-state index contributed by atoms with van der Waals surface area (Å²) in [6, 6.07) is 0. The number of ketones is 1. The second-order valence-electron chi connectivity index (χ2n) is 4.11. The van der Waals surface area contributed by atoms with E-state index in [2.05, 4.69) is 0 Å². The highest BCUT2D eigenvalue weighted by atomic mass is 16.7.